The zero-order valence-electron chi connectivity index (χ0n) is 5.68. The van der Waals surface area contributed by atoms with Crippen molar-refractivity contribution in [1.29, 1.82) is 15.8 Å². The number of nitriles is 3. The summed E-state index contributed by atoms with van der Waals surface area (Å²) in [6, 6.07) is 4.84. The van der Waals surface area contributed by atoms with Crippen molar-refractivity contribution in [2.75, 3.05) is 0 Å². The fourth-order valence-electron chi connectivity index (χ4n) is 0.526. The number of aromatic nitrogens is 3. The second-order valence-electron chi connectivity index (χ2n) is 1.64. The van der Waals surface area contributed by atoms with Gasteiger partial charge in [0.2, 0.25) is 17.5 Å². The molecule has 0 saturated carbocycles. The first kappa shape index (κ1) is 7.59. The zero-order chi connectivity index (χ0) is 8.97. The van der Waals surface area contributed by atoms with Crippen LogP contribution in [0, 0.1) is 34.0 Å². The van der Waals surface area contributed by atoms with Crippen molar-refractivity contribution >= 4 is 0 Å². The SMILES string of the molecule is N#Cc1nc(C#N)nc(C#N)n1. The van der Waals surface area contributed by atoms with E-state index in [0.717, 1.165) is 0 Å². The second kappa shape index (κ2) is 3.05. The molecule has 0 aliphatic rings. The lowest BCUT2D eigenvalue weighted by Crippen LogP contribution is -2.00. The third-order valence-electron chi connectivity index (χ3n) is 0.935. The Morgan fingerprint density at radius 2 is 0.917 bits per heavy atom. The molecule has 0 aliphatic carbocycles. The van der Waals surface area contributed by atoms with Gasteiger partial charge in [0.05, 0.1) is 0 Å². The highest BCUT2D eigenvalue weighted by molar-refractivity contribution is 5.22. The molecule has 0 radical (unpaired) electrons. The first-order valence-corrected chi connectivity index (χ1v) is 2.76. The highest BCUT2D eigenvalue weighted by Gasteiger charge is 2.03. The van der Waals surface area contributed by atoms with Crippen molar-refractivity contribution in [2.24, 2.45) is 0 Å². The Bertz CT molecular complexity index is 350. The van der Waals surface area contributed by atoms with Crippen molar-refractivity contribution < 1.29 is 0 Å². The van der Waals surface area contributed by atoms with Crippen molar-refractivity contribution in [1.82, 2.24) is 15.0 Å². The van der Waals surface area contributed by atoms with E-state index < -0.39 is 0 Å². The monoisotopic (exact) mass is 156 g/mol. The molecule has 6 heteroatoms. The second-order valence-corrected chi connectivity index (χ2v) is 1.64. The van der Waals surface area contributed by atoms with E-state index in [9.17, 15) is 0 Å². The number of nitrogens with zero attached hydrogens (tertiary/aromatic N) is 6. The molecular weight excluding hydrogens is 156 g/mol. The molecule has 0 spiro atoms. The predicted octanol–water partition coefficient (Wildman–Crippen LogP) is -0.513. The average Bonchev–Trinajstić information content (AvgIpc) is 2.16. The van der Waals surface area contributed by atoms with E-state index in [-0.39, 0.29) is 17.5 Å². The van der Waals surface area contributed by atoms with Crippen LogP contribution >= 0.6 is 0 Å². The van der Waals surface area contributed by atoms with Gasteiger partial charge in [0.1, 0.15) is 18.2 Å². The molecule has 0 N–H and O–H groups in total. The number of hydrogen-bond acceptors (Lipinski definition) is 6. The first-order chi connectivity index (χ1) is 5.80. The Balaban J connectivity index is 3.36. The molecule has 0 aliphatic heterocycles. The molecule has 0 amide bonds. The van der Waals surface area contributed by atoms with Gasteiger partial charge in [-0.25, -0.2) is 0 Å². The lowest BCUT2D eigenvalue weighted by atomic mass is 10.5. The van der Waals surface area contributed by atoms with E-state index in [2.05, 4.69) is 15.0 Å². The van der Waals surface area contributed by atoms with Crippen LogP contribution in [0.4, 0.5) is 0 Å². The molecule has 0 atom stereocenters. The van der Waals surface area contributed by atoms with Crippen LogP contribution in [0.3, 0.4) is 0 Å². The molecule has 0 fully saturated rings. The minimum atomic E-state index is -0.224. The predicted molar refractivity (Wildman–Crippen MR) is 34.0 cm³/mol. The first-order valence-electron chi connectivity index (χ1n) is 2.76. The van der Waals surface area contributed by atoms with Crippen LogP contribution < -0.4 is 0 Å². The summed E-state index contributed by atoms with van der Waals surface area (Å²) in [7, 11) is 0. The summed E-state index contributed by atoms with van der Waals surface area (Å²) in [5.41, 5.74) is 0. The highest BCUT2D eigenvalue weighted by Crippen LogP contribution is 1.91. The normalized spacial score (nSPS) is 7.75. The van der Waals surface area contributed by atoms with Crippen molar-refractivity contribution in [2.45, 2.75) is 0 Å². The van der Waals surface area contributed by atoms with E-state index in [0.29, 0.717) is 0 Å². The lowest BCUT2D eigenvalue weighted by molar-refractivity contribution is 0.962. The molecule has 1 rings (SSSR count). The molecule has 1 heterocycles. The van der Waals surface area contributed by atoms with Crippen molar-refractivity contribution in [3.8, 4) is 18.2 Å². The summed E-state index contributed by atoms with van der Waals surface area (Å²) in [5.74, 6) is -0.672. The molecule has 1 aromatic heterocycles. The van der Waals surface area contributed by atoms with Gasteiger partial charge in [0.25, 0.3) is 0 Å². The molecule has 0 bridgehead atoms. The van der Waals surface area contributed by atoms with E-state index in [1.165, 1.54) is 0 Å². The molecule has 0 saturated heterocycles. The topological polar surface area (TPSA) is 110 Å². The molecular formula is C6N6. The van der Waals surface area contributed by atoms with Crippen LogP contribution in [0.5, 0.6) is 0 Å². The maximum Gasteiger partial charge on any atom is 0.237 e. The summed E-state index contributed by atoms with van der Waals surface area (Å²) in [5, 5.41) is 25.1. The van der Waals surface area contributed by atoms with Crippen molar-refractivity contribution in [3.63, 3.8) is 0 Å². The third kappa shape index (κ3) is 1.31. The summed E-state index contributed by atoms with van der Waals surface area (Å²) in [6.07, 6.45) is 0. The van der Waals surface area contributed by atoms with Gasteiger partial charge >= 0.3 is 0 Å². The summed E-state index contributed by atoms with van der Waals surface area (Å²) >= 11 is 0. The van der Waals surface area contributed by atoms with Crippen LogP contribution in [0.2, 0.25) is 0 Å². The molecule has 0 unspecified atom stereocenters. The molecule has 0 aromatic carbocycles. The van der Waals surface area contributed by atoms with Crippen LogP contribution in [0.1, 0.15) is 17.5 Å². The largest absolute Gasteiger partial charge is 0.237 e. The summed E-state index contributed by atoms with van der Waals surface area (Å²) in [6.45, 7) is 0. The Labute approximate surface area is 67.4 Å². The van der Waals surface area contributed by atoms with Gasteiger partial charge in [0.15, 0.2) is 0 Å². The van der Waals surface area contributed by atoms with Gasteiger partial charge in [-0.1, -0.05) is 0 Å². The van der Waals surface area contributed by atoms with Crippen molar-refractivity contribution in [3.05, 3.63) is 17.5 Å². The Morgan fingerprint density at radius 1 is 0.667 bits per heavy atom. The van der Waals surface area contributed by atoms with Crippen LogP contribution in [0.15, 0.2) is 0 Å². The zero-order valence-corrected chi connectivity index (χ0v) is 5.68. The number of rotatable bonds is 0. The summed E-state index contributed by atoms with van der Waals surface area (Å²) < 4.78 is 0. The van der Waals surface area contributed by atoms with E-state index in [1.807, 2.05) is 0 Å². The van der Waals surface area contributed by atoms with Gasteiger partial charge in [-0.15, -0.1) is 0 Å². The molecule has 12 heavy (non-hydrogen) atoms. The van der Waals surface area contributed by atoms with Crippen LogP contribution in [-0.4, -0.2) is 15.0 Å². The minimum Gasteiger partial charge on any atom is -0.189 e. The third-order valence-corrected chi connectivity index (χ3v) is 0.935. The van der Waals surface area contributed by atoms with E-state index in [4.69, 9.17) is 15.8 Å². The van der Waals surface area contributed by atoms with E-state index in [1.54, 1.807) is 18.2 Å². The number of hydrogen-bond donors (Lipinski definition) is 0. The Kier molecular flexibility index (Phi) is 1.93. The minimum absolute atomic E-state index is 0.224. The standard InChI is InChI=1S/C6N6/c7-1-4-10-5(2-8)12-6(3-9)11-4. The van der Waals surface area contributed by atoms with E-state index >= 15 is 0 Å². The maximum atomic E-state index is 8.36. The van der Waals surface area contributed by atoms with Gasteiger partial charge in [-0.05, 0) is 0 Å². The quantitative estimate of drug-likeness (QED) is 0.500. The lowest BCUT2D eigenvalue weighted by Gasteiger charge is -1.88. The molecule has 54 valence electrons. The maximum absolute atomic E-state index is 8.36. The summed E-state index contributed by atoms with van der Waals surface area (Å²) in [4.78, 5) is 10.3. The van der Waals surface area contributed by atoms with Gasteiger partial charge in [-0.2, -0.15) is 30.7 Å². The van der Waals surface area contributed by atoms with Gasteiger partial charge in [-0.3, -0.25) is 0 Å². The Hall–Kier alpha value is -2.52. The fraction of sp³-hybridized carbons (Fsp3) is 0. The average molecular weight is 156 g/mol. The molecule has 1 aromatic rings. The van der Waals surface area contributed by atoms with Crippen LogP contribution in [-0.2, 0) is 0 Å². The smallest absolute Gasteiger partial charge is 0.189 e. The van der Waals surface area contributed by atoms with Crippen LogP contribution in [0.25, 0.3) is 0 Å². The highest BCUT2D eigenvalue weighted by atomic mass is 15.0. The van der Waals surface area contributed by atoms with Gasteiger partial charge in [0, 0.05) is 0 Å². The fourth-order valence-corrected chi connectivity index (χ4v) is 0.526. The Morgan fingerprint density at radius 3 is 1.08 bits per heavy atom. The van der Waals surface area contributed by atoms with Gasteiger partial charge < -0.3 is 0 Å². The molecule has 6 nitrogen and oxygen atoms in total.